The summed E-state index contributed by atoms with van der Waals surface area (Å²) in [5.74, 6) is 0.871. The number of hydrogen-bond donors (Lipinski definition) is 0. The van der Waals surface area contributed by atoms with Gasteiger partial charge in [0.25, 0.3) is 0 Å². The number of ether oxygens (including phenoxy) is 2. The van der Waals surface area contributed by atoms with Gasteiger partial charge in [0.1, 0.15) is 12.4 Å². The predicted octanol–water partition coefficient (Wildman–Crippen LogP) is 2.74. The van der Waals surface area contributed by atoms with Gasteiger partial charge in [0, 0.05) is 6.61 Å². The summed E-state index contributed by atoms with van der Waals surface area (Å²) in [6.07, 6.45) is 1.81. The molecule has 1 aromatic carbocycles. The van der Waals surface area contributed by atoms with E-state index in [1.165, 1.54) is 0 Å². The van der Waals surface area contributed by atoms with Crippen molar-refractivity contribution in [1.82, 2.24) is 0 Å². The van der Waals surface area contributed by atoms with Gasteiger partial charge in [-0.15, -0.1) is 0 Å². The Labute approximate surface area is 85.2 Å². The molecule has 0 N–H and O–H groups in total. The van der Waals surface area contributed by atoms with Crippen LogP contribution in [0.2, 0.25) is 0 Å². The first kappa shape index (κ1) is 10.8. The van der Waals surface area contributed by atoms with Crippen LogP contribution >= 0.6 is 0 Å². The van der Waals surface area contributed by atoms with Crippen LogP contribution in [-0.4, -0.2) is 19.8 Å². The standard InChI is InChI=1S/C12H16O2/c1-3-11-5-7-12(8-6-11)14-10-9-13-4-2/h3,5-8H,1,4,9-10H2,2H3. The van der Waals surface area contributed by atoms with E-state index in [-0.39, 0.29) is 0 Å². The van der Waals surface area contributed by atoms with E-state index < -0.39 is 0 Å². The molecule has 0 heterocycles. The second-order valence-electron chi connectivity index (χ2n) is 2.82. The molecule has 0 saturated carbocycles. The summed E-state index contributed by atoms with van der Waals surface area (Å²) >= 11 is 0. The van der Waals surface area contributed by atoms with Crippen molar-refractivity contribution in [3.05, 3.63) is 36.4 Å². The molecule has 0 fully saturated rings. The van der Waals surface area contributed by atoms with E-state index in [9.17, 15) is 0 Å². The van der Waals surface area contributed by atoms with E-state index >= 15 is 0 Å². The molecule has 0 radical (unpaired) electrons. The van der Waals surface area contributed by atoms with Crippen molar-refractivity contribution >= 4 is 6.08 Å². The Bertz CT molecular complexity index is 264. The van der Waals surface area contributed by atoms with Crippen LogP contribution in [0.1, 0.15) is 12.5 Å². The monoisotopic (exact) mass is 192 g/mol. The zero-order valence-electron chi connectivity index (χ0n) is 8.53. The highest BCUT2D eigenvalue weighted by Gasteiger charge is 1.92. The van der Waals surface area contributed by atoms with E-state index in [1.807, 2.05) is 37.3 Å². The van der Waals surface area contributed by atoms with Gasteiger partial charge in [-0.25, -0.2) is 0 Å². The Kier molecular flexibility index (Phi) is 4.79. The van der Waals surface area contributed by atoms with Crippen LogP contribution in [0, 0.1) is 0 Å². The Morgan fingerprint density at radius 3 is 2.50 bits per heavy atom. The van der Waals surface area contributed by atoms with Crippen LogP contribution < -0.4 is 4.74 Å². The third-order valence-electron chi connectivity index (χ3n) is 1.82. The minimum Gasteiger partial charge on any atom is -0.491 e. The van der Waals surface area contributed by atoms with Gasteiger partial charge in [-0.2, -0.15) is 0 Å². The highest BCUT2D eigenvalue weighted by atomic mass is 16.5. The SMILES string of the molecule is C=Cc1ccc(OCCOCC)cc1. The molecular formula is C12H16O2. The van der Waals surface area contributed by atoms with Crippen LogP contribution in [0.5, 0.6) is 5.75 Å². The van der Waals surface area contributed by atoms with Gasteiger partial charge in [-0.3, -0.25) is 0 Å². The topological polar surface area (TPSA) is 18.5 Å². The fraction of sp³-hybridized carbons (Fsp3) is 0.333. The van der Waals surface area contributed by atoms with Crippen molar-refractivity contribution in [2.75, 3.05) is 19.8 Å². The summed E-state index contributed by atoms with van der Waals surface area (Å²) in [5, 5.41) is 0. The molecule has 0 saturated heterocycles. The summed E-state index contributed by atoms with van der Waals surface area (Å²) in [7, 11) is 0. The van der Waals surface area contributed by atoms with Gasteiger partial charge in [-0.05, 0) is 24.6 Å². The highest BCUT2D eigenvalue weighted by molar-refractivity contribution is 5.48. The third kappa shape index (κ3) is 3.62. The van der Waals surface area contributed by atoms with Crippen LogP contribution in [-0.2, 0) is 4.74 Å². The van der Waals surface area contributed by atoms with Crippen molar-refractivity contribution in [3.8, 4) is 5.75 Å². The van der Waals surface area contributed by atoms with E-state index in [0.717, 1.165) is 17.9 Å². The van der Waals surface area contributed by atoms with Crippen LogP contribution in [0.25, 0.3) is 6.08 Å². The molecule has 2 heteroatoms. The second-order valence-corrected chi connectivity index (χ2v) is 2.82. The number of hydrogen-bond acceptors (Lipinski definition) is 2. The first-order chi connectivity index (χ1) is 6.86. The lowest BCUT2D eigenvalue weighted by Crippen LogP contribution is -2.06. The van der Waals surface area contributed by atoms with Gasteiger partial charge < -0.3 is 9.47 Å². The summed E-state index contributed by atoms with van der Waals surface area (Å²) in [6.45, 7) is 7.63. The molecule has 1 aromatic rings. The molecule has 0 atom stereocenters. The van der Waals surface area contributed by atoms with Crippen molar-refractivity contribution in [1.29, 1.82) is 0 Å². The first-order valence-corrected chi connectivity index (χ1v) is 4.80. The average molecular weight is 192 g/mol. The lowest BCUT2D eigenvalue weighted by atomic mass is 10.2. The van der Waals surface area contributed by atoms with Gasteiger partial charge >= 0.3 is 0 Å². The summed E-state index contributed by atoms with van der Waals surface area (Å²) in [5.41, 5.74) is 1.10. The molecular weight excluding hydrogens is 176 g/mol. The van der Waals surface area contributed by atoms with E-state index in [1.54, 1.807) is 0 Å². The molecule has 0 aliphatic carbocycles. The van der Waals surface area contributed by atoms with E-state index in [4.69, 9.17) is 9.47 Å². The zero-order valence-corrected chi connectivity index (χ0v) is 8.53. The molecule has 14 heavy (non-hydrogen) atoms. The van der Waals surface area contributed by atoms with Gasteiger partial charge in [-0.1, -0.05) is 24.8 Å². The van der Waals surface area contributed by atoms with Crippen LogP contribution in [0.4, 0.5) is 0 Å². The Morgan fingerprint density at radius 2 is 1.93 bits per heavy atom. The van der Waals surface area contributed by atoms with Gasteiger partial charge in [0.05, 0.1) is 6.61 Å². The molecule has 0 unspecified atom stereocenters. The van der Waals surface area contributed by atoms with Crippen molar-refractivity contribution < 1.29 is 9.47 Å². The van der Waals surface area contributed by atoms with E-state index in [2.05, 4.69) is 6.58 Å². The molecule has 0 aliphatic heterocycles. The minimum atomic E-state index is 0.598. The molecule has 2 nitrogen and oxygen atoms in total. The summed E-state index contributed by atoms with van der Waals surface area (Å²) < 4.78 is 10.6. The number of rotatable bonds is 6. The fourth-order valence-electron chi connectivity index (χ4n) is 1.06. The van der Waals surface area contributed by atoms with Crippen molar-refractivity contribution in [2.24, 2.45) is 0 Å². The minimum absolute atomic E-state index is 0.598. The smallest absolute Gasteiger partial charge is 0.119 e. The highest BCUT2D eigenvalue weighted by Crippen LogP contribution is 2.12. The fourth-order valence-corrected chi connectivity index (χ4v) is 1.06. The third-order valence-corrected chi connectivity index (χ3v) is 1.82. The van der Waals surface area contributed by atoms with Crippen molar-refractivity contribution in [2.45, 2.75) is 6.92 Å². The zero-order chi connectivity index (χ0) is 10.2. The number of benzene rings is 1. The van der Waals surface area contributed by atoms with Crippen molar-refractivity contribution in [3.63, 3.8) is 0 Å². The molecule has 0 aromatic heterocycles. The average Bonchev–Trinajstić information content (AvgIpc) is 2.25. The quantitative estimate of drug-likeness (QED) is 0.645. The van der Waals surface area contributed by atoms with E-state index in [0.29, 0.717) is 13.2 Å². The molecule has 0 bridgehead atoms. The maximum atomic E-state index is 5.45. The van der Waals surface area contributed by atoms with Crippen LogP contribution in [0.15, 0.2) is 30.8 Å². The maximum absolute atomic E-state index is 5.45. The molecule has 1 rings (SSSR count). The Morgan fingerprint density at radius 1 is 1.21 bits per heavy atom. The van der Waals surface area contributed by atoms with Gasteiger partial charge in [0.2, 0.25) is 0 Å². The first-order valence-electron chi connectivity index (χ1n) is 4.80. The molecule has 0 amide bonds. The maximum Gasteiger partial charge on any atom is 0.119 e. The molecule has 76 valence electrons. The van der Waals surface area contributed by atoms with Crippen LogP contribution in [0.3, 0.4) is 0 Å². The van der Waals surface area contributed by atoms with Gasteiger partial charge in [0.15, 0.2) is 0 Å². The largest absolute Gasteiger partial charge is 0.491 e. The normalized spacial score (nSPS) is 9.79. The summed E-state index contributed by atoms with van der Waals surface area (Å²) in [4.78, 5) is 0. The second kappa shape index (κ2) is 6.22. The predicted molar refractivity (Wildman–Crippen MR) is 58.5 cm³/mol. The lowest BCUT2D eigenvalue weighted by Gasteiger charge is -2.05. The summed E-state index contributed by atoms with van der Waals surface area (Å²) in [6, 6.07) is 7.82. The Hall–Kier alpha value is -1.28. The molecule has 0 aliphatic rings. The Balaban J connectivity index is 2.32. The molecule has 0 spiro atoms. The lowest BCUT2D eigenvalue weighted by molar-refractivity contribution is 0.110.